The van der Waals surface area contributed by atoms with Gasteiger partial charge >= 0.3 is 5.97 Å². The van der Waals surface area contributed by atoms with E-state index in [1.54, 1.807) is 12.1 Å². The van der Waals surface area contributed by atoms with Crippen LogP contribution in [-0.4, -0.2) is 31.8 Å². The van der Waals surface area contributed by atoms with E-state index in [0.29, 0.717) is 18.2 Å². The van der Waals surface area contributed by atoms with Gasteiger partial charge in [0.25, 0.3) is 0 Å². The smallest absolute Gasteiger partial charge is 0.325 e. The van der Waals surface area contributed by atoms with Gasteiger partial charge < -0.3 is 14.8 Å². The second kappa shape index (κ2) is 6.61. The molecule has 0 aromatic heterocycles. The van der Waals surface area contributed by atoms with Crippen LogP contribution in [0.1, 0.15) is 12.8 Å². The van der Waals surface area contributed by atoms with Crippen LogP contribution in [0.3, 0.4) is 0 Å². The summed E-state index contributed by atoms with van der Waals surface area (Å²) in [6.45, 7) is 1.50. The Hall–Kier alpha value is -1.26. The van der Waals surface area contributed by atoms with Gasteiger partial charge in [0.15, 0.2) is 0 Å². The molecule has 0 saturated carbocycles. The first-order valence-corrected chi connectivity index (χ1v) is 6.38. The molecule has 4 nitrogen and oxygen atoms in total. The fourth-order valence-electron chi connectivity index (χ4n) is 1.76. The molecule has 2 rings (SSSR count). The van der Waals surface area contributed by atoms with Crippen LogP contribution in [0.25, 0.3) is 0 Å². The molecule has 18 heavy (non-hydrogen) atoms. The maximum Gasteiger partial charge on any atom is 0.325 e. The summed E-state index contributed by atoms with van der Waals surface area (Å²) in [6.07, 6.45) is 1.57. The van der Waals surface area contributed by atoms with E-state index in [-0.39, 0.29) is 18.6 Å². The first kappa shape index (κ1) is 13.2. The van der Waals surface area contributed by atoms with Crippen LogP contribution in [0.5, 0.6) is 0 Å². The summed E-state index contributed by atoms with van der Waals surface area (Å²) in [5.41, 5.74) is 0.850. The predicted molar refractivity (Wildman–Crippen MR) is 69.9 cm³/mol. The fraction of sp³-hybridized carbons (Fsp3) is 0.462. The van der Waals surface area contributed by atoms with E-state index in [1.807, 2.05) is 12.1 Å². The highest BCUT2D eigenvalue weighted by Crippen LogP contribution is 2.14. The van der Waals surface area contributed by atoms with Gasteiger partial charge in [0.1, 0.15) is 12.6 Å². The van der Waals surface area contributed by atoms with Gasteiger partial charge in [-0.15, -0.1) is 0 Å². The maximum atomic E-state index is 11.6. The molecule has 0 aliphatic carbocycles. The van der Waals surface area contributed by atoms with Crippen molar-refractivity contribution in [3.05, 3.63) is 29.3 Å². The Morgan fingerprint density at radius 1 is 1.33 bits per heavy atom. The average molecular weight is 270 g/mol. The minimum atomic E-state index is -0.239. The van der Waals surface area contributed by atoms with Crippen LogP contribution in [-0.2, 0) is 14.3 Å². The number of anilines is 1. The normalized spacial score (nSPS) is 16.3. The van der Waals surface area contributed by atoms with Crippen LogP contribution in [0.15, 0.2) is 24.3 Å². The molecule has 1 aromatic carbocycles. The Balaban J connectivity index is 1.72. The molecule has 1 fully saturated rings. The molecule has 0 radical (unpaired) electrons. The largest absolute Gasteiger partial charge is 0.461 e. The summed E-state index contributed by atoms with van der Waals surface area (Å²) in [7, 11) is 0. The number of benzene rings is 1. The number of carbonyl (C=O) groups excluding carboxylic acids is 1. The van der Waals surface area contributed by atoms with E-state index < -0.39 is 0 Å². The van der Waals surface area contributed by atoms with Crippen molar-refractivity contribution in [1.29, 1.82) is 0 Å². The summed E-state index contributed by atoms with van der Waals surface area (Å²) in [5, 5.41) is 3.67. The van der Waals surface area contributed by atoms with Gasteiger partial charge in [-0.2, -0.15) is 0 Å². The summed E-state index contributed by atoms with van der Waals surface area (Å²) in [4.78, 5) is 11.6. The first-order valence-electron chi connectivity index (χ1n) is 6.01. The zero-order valence-electron chi connectivity index (χ0n) is 10.0. The van der Waals surface area contributed by atoms with Crippen LogP contribution < -0.4 is 5.32 Å². The van der Waals surface area contributed by atoms with E-state index >= 15 is 0 Å². The SMILES string of the molecule is O=C(CNc1ccc(Cl)cc1)OC1CCOCC1. The van der Waals surface area contributed by atoms with Crippen molar-refractivity contribution in [2.24, 2.45) is 0 Å². The van der Waals surface area contributed by atoms with Crippen molar-refractivity contribution >= 4 is 23.3 Å². The van der Waals surface area contributed by atoms with E-state index in [9.17, 15) is 4.79 Å². The topological polar surface area (TPSA) is 47.6 Å². The Morgan fingerprint density at radius 2 is 2.00 bits per heavy atom. The lowest BCUT2D eigenvalue weighted by Gasteiger charge is -2.22. The molecule has 5 heteroatoms. The lowest BCUT2D eigenvalue weighted by Crippen LogP contribution is -2.28. The number of esters is 1. The molecule has 1 aliphatic rings. The monoisotopic (exact) mass is 269 g/mol. The van der Waals surface area contributed by atoms with Gasteiger partial charge in [-0.05, 0) is 24.3 Å². The second-order valence-corrected chi connectivity index (χ2v) is 4.60. The quantitative estimate of drug-likeness (QED) is 0.853. The summed E-state index contributed by atoms with van der Waals surface area (Å²) in [6, 6.07) is 7.19. The van der Waals surface area contributed by atoms with Crippen LogP contribution in [0.2, 0.25) is 5.02 Å². The van der Waals surface area contributed by atoms with Crippen molar-refractivity contribution in [3.63, 3.8) is 0 Å². The van der Waals surface area contributed by atoms with Crippen LogP contribution in [0, 0.1) is 0 Å². The lowest BCUT2D eigenvalue weighted by atomic mass is 10.1. The molecule has 1 aromatic rings. The third-order valence-electron chi connectivity index (χ3n) is 2.75. The molecule has 1 aliphatic heterocycles. The summed E-state index contributed by atoms with van der Waals surface area (Å²) < 4.78 is 10.5. The molecule has 0 unspecified atom stereocenters. The average Bonchev–Trinajstić information content (AvgIpc) is 2.39. The number of carbonyl (C=O) groups is 1. The van der Waals surface area contributed by atoms with Crippen molar-refractivity contribution in [2.75, 3.05) is 25.1 Å². The van der Waals surface area contributed by atoms with Gasteiger partial charge in [0.05, 0.1) is 13.2 Å². The third kappa shape index (κ3) is 4.20. The van der Waals surface area contributed by atoms with Crippen molar-refractivity contribution < 1.29 is 14.3 Å². The lowest BCUT2D eigenvalue weighted by molar-refractivity contribution is -0.150. The molecule has 0 bridgehead atoms. The van der Waals surface area contributed by atoms with E-state index in [4.69, 9.17) is 21.1 Å². The van der Waals surface area contributed by atoms with Gasteiger partial charge in [-0.3, -0.25) is 4.79 Å². The van der Waals surface area contributed by atoms with Gasteiger partial charge in [-0.25, -0.2) is 0 Å². The van der Waals surface area contributed by atoms with E-state index in [1.165, 1.54) is 0 Å². The maximum absolute atomic E-state index is 11.6. The summed E-state index contributed by atoms with van der Waals surface area (Å²) >= 11 is 5.77. The van der Waals surface area contributed by atoms with E-state index in [0.717, 1.165) is 18.5 Å². The second-order valence-electron chi connectivity index (χ2n) is 4.16. The Labute approximate surface area is 111 Å². The number of hydrogen-bond donors (Lipinski definition) is 1. The minimum absolute atomic E-state index is 0.00160. The van der Waals surface area contributed by atoms with Crippen molar-refractivity contribution in [3.8, 4) is 0 Å². The zero-order valence-corrected chi connectivity index (χ0v) is 10.8. The Bertz CT molecular complexity index is 388. The number of halogens is 1. The third-order valence-corrected chi connectivity index (χ3v) is 3.00. The first-order chi connectivity index (χ1) is 8.74. The highest BCUT2D eigenvalue weighted by molar-refractivity contribution is 6.30. The molecule has 0 atom stereocenters. The van der Waals surface area contributed by atoms with Gasteiger partial charge in [0.2, 0.25) is 0 Å². The number of rotatable bonds is 4. The zero-order chi connectivity index (χ0) is 12.8. The number of nitrogens with one attached hydrogen (secondary N) is 1. The molecule has 0 spiro atoms. The molecule has 98 valence electrons. The summed E-state index contributed by atoms with van der Waals surface area (Å²) in [5.74, 6) is -0.239. The number of hydrogen-bond acceptors (Lipinski definition) is 4. The number of ether oxygens (including phenoxy) is 2. The standard InChI is InChI=1S/C13H16ClNO3/c14-10-1-3-11(4-2-10)15-9-13(16)18-12-5-7-17-8-6-12/h1-4,12,15H,5-9H2. The highest BCUT2D eigenvalue weighted by atomic mass is 35.5. The molecule has 1 heterocycles. The molecule has 1 N–H and O–H groups in total. The van der Waals surface area contributed by atoms with Gasteiger partial charge in [0, 0.05) is 23.6 Å². The Kier molecular flexibility index (Phi) is 4.84. The minimum Gasteiger partial charge on any atom is -0.461 e. The van der Waals surface area contributed by atoms with E-state index in [2.05, 4.69) is 5.32 Å². The molecular formula is C13H16ClNO3. The Morgan fingerprint density at radius 3 is 2.67 bits per heavy atom. The molecular weight excluding hydrogens is 254 g/mol. The fourth-order valence-corrected chi connectivity index (χ4v) is 1.89. The highest BCUT2D eigenvalue weighted by Gasteiger charge is 2.17. The molecule has 1 saturated heterocycles. The van der Waals surface area contributed by atoms with Crippen LogP contribution in [0.4, 0.5) is 5.69 Å². The van der Waals surface area contributed by atoms with Crippen LogP contribution >= 0.6 is 11.6 Å². The van der Waals surface area contributed by atoms with Crippen molar-refractivity contribution in [1.82, 2.24) is 0 Å². The predicted octanol–water partition coefficient (Wildman–Crippen LogP) is 2.47. The van der Waals surface area contributed by atoms with Crippen molar-refractivity contribution in [2.45, 2.75) is 18.9 Å². The molecule has 0 amide bonds. The van der Waals surface area contributed by atoms with Gasteiger partial charge in [-0.1, -0.05) is 11.6 Å².